The molecule has 2 aromatic carbocycles. The minimum absolute atomic E-state index is 0.256. The molecular formula is C29H29ClF4N4O6. The van der Waals surface area contributed by atoms with Crippen LogP contribution in [0.3, 0.4) is 0 Å². The van der Waals surface area contributed by atoms with E-state index in [4.69, 9.17) is 21.5 Å². The van der Waals surface area contributed by atoms with E-state index in [0.29, 0.717) is 18.5 Å². The van der Waals surface area contributed by atoms with Crippen LogP contribution in [0.5, 0.6) is 0 Å². The molecule has 44 heavy (non-hydrogen) atoms. The summed E-state index contributed by atoms with van der Waals surface area (Å²) in [5, 5.41) is 25.1. The van der Waals surface area contributed by atoms with Gasteiger partial charge in [0.15, 0.2) is 0 Å². The van der Waals surface area contributed by atoms with Gasteiger partial charge in [-0.1, -0.05) is 41.9 Å². The number of carboxylic acids is 2. The lowest BCUT2D eigenvalue weighted by atomic mass is 9.98. The Morgan fingerprint density at radius 2 is 1.57 bits per heavy atom. The summed E-state index contributed by atoms with van der Waals surface area (Å²) in [4.78, 5) is 49.0. The van der Waals surface area contributed by atoms with Gasteiger partial charge in [-0.3, -0.25) is 14.4 Å². The van der Waals surface area contributed by atoms with Gasteiger partial charge in [-0.25, -0.2) is 14.2 Å². The minimum atomic E-state index is -5.08. The normalized spacial score (nSPS) is 11.4. The van der Waals surface area contributed by atoms with Crippen molar-refractivity contribution in [3.05, 3.63) is 83.3 Å². The van der Waals surface area contributed by atoms with Gasteiger partial charge >= 0.3 is 18.1 Å². The Kier molecular flexibility index (Phi) is 14.0. The number of hydrogen-bond acceptors (Lipinski definition) is 6. The number of nitrogens with one attached hydrogen (secondary N) is 3. The topological polar surface area (TPSA) is 158 Å². The van der Waals surface area contributed by atoms with Crippen LogP contribution in [0.25, 0.3) is 11.1 Å². The summed E-state index contributed by atoms with van der Waals surface area (Å²) < 4.78 is 44.9. The fourth-order valence-corrected chi connectivity index (χ4v) is 3.96. The number of carbonyl (C=O) groups excluding carboxylic acids is 2. The molecule has 0 fully saturated rings. The molecule has 0 aliphatic heterocycles. The average molecular weight is 641 g/mol. The number of pyridine rings is 1. The van der Waals surface area contributed by atoms with E-state index in [0.717, 1.165) is 23.4 Å². The van der Waals surface area contributed by atoms with Crippen molar-refractivity contribution in [1.82, 2.24) is 15.6 Å². The van der Waals surface area contributed by atoms with Crippen LogP contribution in [0.1, 0.15) is 37.3 Å². The fraction of sp³-hybridized carbons (Fsp3) is 0.276. The number of aliphatic carboxylic acids is 2. The largest absolute Gasteiger partial charge is 0.490 e. The van der Waals surface area contributed by atoms with Gasteiger partial charge in [0.2, 0.25) is 11.8 Å². The molecule has 236 valence electrons. The number of carboxylic acid groups (broad SMARTS) is 2. The second kappa shape index (κ2) is 17.4. The summed E-state index contributed by atoms with van der Waals surface area (Å²) in [6, 6.07) is 15.5. The Balaban J connectivity index is 0.000000860. The van der Waals surface area contributed by atoms with Crippen molar-refractivity contribution in [1.29, 1.82) is 0 Å². The number of alkyl halides is 3. The third kappa shape index (κ3) is 13.1. The number of nitrogens with zero attached hydrogens (tertiary/aromatic N) is 1. The van der Waals surface area contributed by atoms with Crippen LogP contribution in [0, 0.1) is 5.82 Å². The van der Waals surface area contributed by atoms with Crippen LogP contribution < -0.4 is 16.0 Å². The lowest BCUT2D eigenvalue weighted by molar-refractivity contribution is -0.192. The first kappa shape index (κ1) is 35.5. The van der Waals surface area contributed by atoms with E-state index >= 15 is 0 Å². The number of carbonyl (C=O) groups is 4. The maximum absolute atomic E-state index is 13.2. The first-order chi connectivity index (χ1) is 20.8. The van der Waals surface area contributed by atoms with E-state index in [2.05, 4.69) is 20.9 Å². The molecular weight excluding hydrogens is 612 g/mol. The highest BCUT2D eigenvalue weighted by Crippen LogP contribution is 2.30. The average Bonchev–Trinajstić information content (AvgIpc) is 2.96. The molecule has 10 nitrogen and oxygen atoms in total. The summed E-state index contributed by atoms with van der Waals surface area (Å²) >= 11 is 6.42. The minimum Gasteiger partial charge on any atom is -0.481 e. The third-order valence-electron chi connectivity index (χ3n) is 5.76. The van der Waals surface area contributed by atoms with E-state index < -0.39 is 36.5 Å². The highest BCUT2D eigenvalue weighted by atomic mass is 35.5. The molecule has 1 heterocycles. The van der Waals surface area contributed by atoms with E-state index in [1.165, 1.54) is 12.1 Å². The van der Waals surface area contributed by atoms with Gasteiger partial charge in [0.25, 0.3) is 0 Å². The van der Waals surface area contributed by atoms with Crippen molar-refractivity contribution < 1.29 is 47.0 Å². The monoisotopic (exact) mass is 640 g/mol. The predicted molar refractivity (Wildman–Crippen MR) is 153 cm³/mol. The molecule has 0 saturated carbocycles. The summed E-state index contributed by atoms with van der Waals surface area (Å²) in [5.41, 5.74) is 1.88. The molecule has 1 aromatic heterocycles. The van der Waals surface area contributed by atoms with Gasteiger partial charge in [-0.05, 0) is 59.9 Å². The van der Waals surface area contributed by atoms with Crippen molar-refractivity contribution in [2.24, 2.45) is 0 Å². The van der Waals surface area contributed by atoms with E-state index in [1.807, 2.05) is 18.2 Å². The van der Waals surface area contributed by atoms with Crippen LogP contribution in [0.2, 0.25) is 5.02 Å². The molecule has 5 N–H and O–H groups in total. The standard InChI is InChI=1S/C27H28ClFN4O4.C2HF3O2/c28-22-15-19(18-7-10-20(29)11-8-18)9-12-21(22)23(16-27(36)37)33-26(35)17-32-25(34)6-2-4-14-31-24-5-1-3-13-30-24;3-2(4,5)1(6)7/h1,3,5,7-13,15,23H,2,4,6,14,16-17H2,(H,30,31)(H,32,34)(H,33,35)(H,36,37);(H,6,7). The number of benzene rings is 2. The molecule has 1 unspecified atom stereocenters. The number of rotatable bonds is 13. The molecule has 15 heteroatoms. The Hall–Kier alpha value is -4.72. The Bertz CT molecular complexity index is 1410. The molecule has 0 spiro atoms. The lowest BCUT2D eigenvalue weighted by Crippen LogP contribution is -2.39. The molecule has 0 radical (unpaired) electrons. The number of unbranched alkanes of at least 4 members (excludes halogenated alkanes) is 1. The first-order valence-electron chi connectivity index (χ1n) is 13.0. The van der Waals surface area contributed by atoms with Crippen molar-refractivity contribution >= 4 is 41.2 Å². The summed E-state index contributed by atoms with van der Waals surface area (Å²) in [5.74, 6) is -4.27. The summed E-state index contributed by atoms with van der Waals surface area (Å²) in [6.07, 6.45) is -2.14. The second-order valence-electron chi connectivity index (χ2n) is 9.14. The predicted octanol–water partition coefficient (Wildman–Crippen LogP) is 5.21. The fourth-order valence-electron chi connectivity index (χ4n) is 3.65. The summed E-state index contributed by atoms with van der Waals surface area (Å²) in [7, 11) is 0. The number of halogens is 5. The van der Waals surface area contributed by atoms with Crippen molar-refractivity contribution in [2.75, 3.05) is 18.4 Å². The van der Waals surface area contributed by atoms with E-state index in [1.54, 1.807) is 36.5 Å². The molecule has 3 aromatic rings. The van der Waals surface area contributed by atoms with Crippen molar-refractivity contribution in [3.63, 3.8) is 0 Å². The van der Waals surface area contributed by atoms with Crippen LogP contribution in [0.4, 0.5) is 23.4 Å². The number of hydrogen-bond donors (Lipinski definition) is 5. The lowest BCUT2D eigenvalue weighted by Gasteiger charge is -2.19. The van der Waals surface area contributed by atoms with Gasteiger partial charge in [0.1, 0.15) is 11.6 Å². The van der Waals surface area contributed by atoms with Crippen LogP contribution in [-0.4, -0.2) is 58.2 Å². The third-order valence-corrected chi connectivity index (χ3v) is 6.08. The number of aromatic nitrogens is 1. The van der Waals surface area contributed by atoms with Gasteiger partial charge in [0.05, 0.1) is 19.0 Å². The maximum Gasteiger partial charge on any atom is 0.490 e. The van der Waals surface area contributed by atoms with Crippen LogP contribution >= 0.6 is 11.6 Å². The highest BCUT2D eigenvalue weighted by molar-refractivity contribution is 6.31. The van der Waals surface area contributed by atoms with Gasteiger partial charge in [-0.2, -0.15) is 13.2 Å². The molecule has 1 atom stereocenters. The Labute approximate surface area is 254 Å². The summed E-state index contributed by atoms with van der Waals surface area (Å²) in [6.45, 7) is 0.384. The zero-order valence-electron chi connectivity index (χ0n) is 23.0. The van der Waals surface area contributed by atoms with Crippen molar-refractivity contribution in [3.8, 4) is 11.1 Å². The molecule has 0 bridgehead atoms. The van der Waals surface area contributed by atoms with E-state index in [-0.39, 0.29) is 29.7 Å². The first-order valence-corrected chi connectivity index (χ1v) is 13.4. The maximum atomic E-state index is 13.2. The van der Waals surface area contributed by atoms with Gasteiger partial charge < -0.3 is 26.2 Å². The van der Waals surface area contributed by atoms with Crippen LogP contribution in [-0.2, 0) is 19.2 Å². The Morgan fingerprint density at radius 3 is 2.14 bits per heavy atom. The highest BCUT2D eigenvalue weighted by Gasteiger charge is 2.38. The zero-order valence-corrected chi connectivity index (χ0v) is 23.8. The smallest absolute Gasteiger partial charge is 0.481 e. The quantitative estimate of drug-likeness (QED) is 0.126. The molecule has 0 aliphatic carbocycles. The zero-order chi connectivity index (χ0) is 32.7. The van der Waals surface area contributed by atoms with Gasteiger partial charge in [0, 0.05) is 24.2 Å². The second-order valence-corrected chi connectivity index (χ2v) is 9.55. The Morgan fingerprint density at radius 1 is 0.909 bits per heavy atom. The van der Waals surface area contributed by atoms with Crippen molar-refractivity contribution in [2.45, 2.75) is 37.9 Å². The molecule has 0 saturated heterocycles. The SMILES string of the molecule is O=C(O)C(F)(F)F.O=C(O)CC(NC(=O)CNC(=O)CCCCNc1ccccn1)c1ccc(-c2ccc(F)cc2)cc1Cl. The number of anilines is 1. The molecule has 0 aliphatic rings. The van der Waals surface area contributed by atoms with Gasteiger partial charge in [-0.15, -0.1) is 0 Å². The number of amides is 2. The molecule has 2 amide bonds. The van der Waals surface area contributed by atoms with E-state index in [9.17, 15) is 37.1 Å². The molecule has 3 rings (SSSR count). The van der Waals surface area contributed by atoms with Crippen LogP contribution in [0.15, 0.2) is 66.9 Å².